The van der Waals surface area contributed by atoms with Gasteiger partial charge in [0.05, 0.1) is 52.9 Å². The van der Waals surface area contributed by atoms with Crippen LogP contribution in [0.1, 0.15) is 105 Å². The molecule has 2 saturated heterocycles. The number of fused-ring (bicyclic) bond motifs is 4. The first-order valence-corrected chi connectivity index (χ1v) is 29.5. The SMILES string of the molecule is CN1Cc2c(Cl)cc(Cl)cc2C(c2ccc3c(c2)C(=O)N(CCOCCOCCNC(=O)[C@@H]2OC(C)(C)O[C@@H]2[C@H]2OC(C)(C)O[C@H]2C(=O)NCCOCCOCCN2Cc4ccc(C5CN(C)Cc6c(Cl)cc(Cl)cc65)cc4C2=O)C3)C1. The van der Waals surface area contributed by atoms with Crippen molar-refractivity contribution in [2.75, 3.05) is 106 Å². The topological polar surface area (TPSA) is 179 Å². The van der Waals surface area contributed by atoms with Gasteiger partial charge < -0.3 is 68.1 Å². The zero-order chi connectivity index (χ0) is 58.0. The first-order chi connectivity index (χ1) is 39.2. The van der Waals surface area contributed by atoms with E-state index in [1.165, 1.54) is 0 Å². The molecule has 0 aliphatic carbocycles. The number of nitrogens with one attached hydrogen (secondary N) is 2. The van der Waals surface area contributed by atoms with Gasteiger partial charge in [-0.25, -0.2) is 0 Å². The summed E-state index contributed by atoms with van der Waals surface area (Å²) >= 11 is 26.0. The van der Waals surface area contributed by atoms with Crippen LogP contribution in [0, 0.1) is 0 Å². The minimum atomic E-state index is -1.16. The Labute approximate surface area is 499 Å². The van der Waals surface area contributed by atoms with Crippen molar-refractivity contribution in [2.24, 2.45) is 0 Å². The largest absolute Gasteiger partial charge is 0.377 e. The molecular weight excluding hydrogens is 1140 g/mol. The Morgan fingerprint density at radius 2 is 0.927 bits per heavy atom. The Hall–Kier alpha value is -4.48. The average molecular weight is 1210 g/mol. The van der Waals surface area contributed by atoms with Crippen molar-refractivity contribution in [1.29, 1.82) is 0 Å². The lowest BCUT2D eigenvalue weighted by molar-refractivity contribution is -0.175. The molecule has 6 atom stereocenters. The minimum Gasteiger partial charge on any atom is -0.377 e. The molecular formula is C60H72Cl4N6O12. The zero-order valence-corrected chi connectivity index (χ0v) is 50.2. The van der Waals surface area contributed by atoms with Gasteiger partial charge in [-0.15, -0.1) is 0 Å². The lowest BCUT2D eigenvalue weighted by atomic mass is 9.84. The number of rotatable bonds is 23. The van der Waals surface area contributed by atoms with E-state index in [1.807, 2.05) is 36.4 Å². The predicted molar refractivity (Wildman–Crippen MR) is 309 cm³/mol. The summed E-state index contributed by atoms with van der Waals surface area (Å²) in [5.74, 6) is -3.21. The predicted octanol–water partition coefficient (Wildman–Crippen LogP) is 7.41. The Morgan fingerprint density at radius 1 is 0.537 bits per heavy atom. The number of benzene rings is 4. The van der Waals surface area contributed by atoms with Gasteiger partial charge in [0.2, 0.25) is 0 Å². The number of hydrogen-bond donors (Lipinski definition) is 2. The second-order valence-electron chi connectivity index (χ2n) is 22.8. The molecule has 82 heavy (non-hydrogen) atoms. The van der Waals surface area contributed by atoms with Gasteiger partial charge in [-0.05, 0) is 123 Å². The van der Waals surface area contributed by atoms with E-state index < -0.39 is 47.8 Å². The third kappa shape index (κ3) is 13.9. The Bertz CT molecular complexity index is 2840. The molecule has 10 rings (SSSR count). The average Bonchev–Trinajstić information content (AvgIpc) is 4.28. The second kappa shape index (κ2) is 26.0. The third-order valence-electron chi connectivity index (χ3n) is 15.8. The second-order valence-corrected chi connectivity index (χ2v) is 24.5. The first-order valence-electron chi connectivity index (χ1n) is 28.0. The van der Waals surface area contributed by atoms with Crippen LogP contribution in [-0.2, 0) is 73.7 Å². The number of ether oxygens (including phenoxy) is 8. The van der Waals surface area contributed by atoms with Crippen LogP contribution in [0.15, 0.2) is 60.7 Å². The van der Waals surface area contributed by atoms with Gasteiger partial charge in [0.15, 0.2) is 23.8 Å². The summed E-state index contributed by atoms with van der Waals surface area (Å²) in [6.07, 6.45) is -4.19. The Morgan fingerprint density at radius 3 is 1.33 bits per heavy atom. The summed E-state index contributed by atoms with van der Waals surface area (Å²) in [4.78, 5) is 62.4. The van der Waals surface area contributed by atoms with E-state index in [0.29, 0.717) is 83.8 Å². The Balaban J connectivity index is 0.599. The lowest BCUT2D eigenvalue weighted by Crippen LogP contribution is -2.52. The third-order valence-corrected chi connectivity index (χ3v) is 16.9. The minimum absolute atomic E-state index is 0.0273. The van der Waals surface area contributed by atoms with Crippen LogP contribution in [0.2, 0.25) is 20.1 Å². The molecule has 6 aliphatic heterocycles. The fourth-order valence-corrected chi connectivity index (χ4v) is 13.1. The van der Waals surface area contributed by atoms with Crippen LogP contribution in [0.25, 0.3) is 0 Å². The first kappa shape index (κ1) is 60.6. The van der Waals surface area contributed by atoms with E-state index in [0.717, 1.165) is 70.7 Å². The number of nitrogens with zero attached hydrogens (tertiary/aromatic N) is 4. The molecule has 2 unspecified atom stereocenters. The monoisotopic (exact) mass is 1210 g/mol. The molecule has 18 nitrogen and oxygen atoms in total. The molecule has 0 aromatic heterocycles. The fourth-order valence-electron chi connectivity index (χ4n) is 12.0. The van der Waals surface area contributed by atoms with Crippen molar-refractivity contribution in [2.45, 2.75) is 102 Å². The summed E-state index contributed by atoms with van der Waals surface area (Å²) < 4.78 is 47.7. The van der Waals surface area contributed by atoms with E-state index in [4.69, 9.17) is 84.3 Å². The van der Waals surface area contributed by atoms with E-state index >= 15 is 0 Å². The number of carbonyl (C=O) groups excluding carboxylic acids is 4. The van der Waals surface area contributed by atoms with Crippen molar-refractivity contribution in [3.8, 4) is 0 Å². The zero-order valence-electron chi connectivity index (χ0n) is 47.2. The molecule has 2 fully saturated rings. The van der Waals surface area contributed by atoms with E-state index in [1.54, 1.807) is 49.6 Å². The number of likely N-dealkylation sites (N-methyl/N-ethyl adjacent to an activating group) is 2. The normalized spacial score (nSPS) is 23.7. The molecule has 4 aromatic rings. The van der Waals surface area contributed by atoms with Crippen LogP contribution in [0.4, 0.5) is 0 Å². The summed E-state index contributed by atoms with van der Waals surface area (Å²) in [6, 6.07) is 19.8. The maximum Gasteiger partial charge on any atom is 0.254 e. The molecule has 6 heterocycles. The van der Waals surface area contributed by atoms with Crippen LogP contribution >= 0.6 is 46.4 Å². The number of halogens is 4. The number of carbonyl (C=O) groups is 4. The van der Waals surface area contributed by atoms with Crippen molar-refractivity contribution in [1.82, 2.24) is 30.2 Å². The molecule has 0 spiro atoms. The fraction of sp³-hybridized carbons (Fsp3) is 0.533. The summed E-state index contributed by atoms with van der Waals surface area (Å²) in [7, 11) is 4.13. The van der Waals surface area contributed by atoms with Crippen molar-refractivity contribution >= 4 is 70.0 Å². The van der Waals surface area contributed by atoms with Crippen LogP contribution in [-0.4, -0.2) is 185 Å². The molecule has 0 saturated carbocycles. The molecule has 442 valence electrons. The van der Waals surface area contributed by atoms with Crippen LogP contribution in [0.3, 0.4) is 0 Å². The van der Waals surface area contributed by atoms with Crippen LogP contribution in [0.5, 0.6) is 0 Å². The molecule has 0 bridgehead atoms. The highest BCUT2D eigenvalue weighted by molar-refractivity contribution is 6.35. The van der Waals surface area contributed by atoms with Gasteiger partial charge in [0, 0.05) is 109 Å². The van der Waals surface area contributed by atoms with Crippen molar-refractivity contribution in [3.63, 3.8) is 0 Å². The van der Waals surface area contributed by atoms with Gasteiger partial charge >= 0.3 is 0 Å². The number of amides is 4. The summed E-state index contributed by atoms with van der Waals surface area (Å²) in [6.45, 7) is 14.3. The van der Waals surface area contributed by atoms with Gasteiger partial charge in [0.1, 0.15) is 12.2 Å². The maximum atomic E-state index is 13.6. The number of hydrogen-bond acceptors (Lipinski definition) is 14. The molecule has 22 heteroatoms. The van der Waals surface area contributed by atoms with Gasteiger partial charge in [-0.3, -0.25) is 19.2 Å². The van der Waals surface area contributed by atoms with Gasteiger partial charge in [0.25, 0.3) is 23.6 Å². The van der Waals surface area contributed by atoms with Gasteiger partial charge in [-0.1, -0.05) is 70.7 Å². The van der Waals surface area contributed by atoms with Gasteiger partial charge in [-0.2, -0.15) is 0 Å². The van der Waals surface area contributed by atoms with E-state index in [-0.39, 0.29) is 63.2 Å². The van der Waals surface area contributed by atoms with Crippen LogP contribution < -0.4 is 10.6 Å². The van der Waals surface area contributed by atoms with Crippen molar-refractivity contribution in [3.05, 3.63) is 136 Å². The molecule has 6 aliphatic rings. The highest BCUT2D eigenvalue weighted by Crippen LogP contribution is 2.43. The van der Waals surface area contributed by atoms with E-state index in [2.05, 4.69) is 46.7 Å². The molecule has 4 aromatic carbocycles. The standard InChI is InChI=1S/C60H72Cl4N6O12/c1-59(2)79-51(53(81-59)55(71)65-11-15-75-19-21-77-17-13-69-29-37-9-7-35(23-41(37)57(69)73)45-31-67(5)33-47-43(45)25-39(61)27-49(47)63)52-54(82-60(3,4)80-52)56(72)66-12-16-76-20-22-78-18-14-70-30-38-10-8-36(24-42(38)58(70)74)46-32-68(6)34-48-44(46)26-40(62)28-50(48)64/h7-10,23-28,45-46,51-54H,11-22,29-34H2,1-6H3,(H,65,71)(H,66,72)/t45?,46?,51-,52-,53-,54-/m1/s1. The Kier molecular flexibility index (Phi) is 19.2. The molecule has 2 N–H and O–H groups in total. The highest BCUT2D eigenvalue weighted by Gasteiger charge is 2.57. The molecule has 0 radical (unpaired) electrons. The summed E-state index contributed by atoms with van der Waals surface area (Å²) in [5.41, 5.74) is 9.78. The highest BCUT2D eigenvalue weighted by atomic mass is 35.5. The summed E-state index contributed by atoms with van der Waals surface area (Å²) in [5, 5.41) is 8.22. The molecule has 4 amide bonds. The lowest BCUT2D eigenvalue weighted by Gasteiger charge is -2.33. The quantitative estimate of drug-likeness (QED) is 0.0702. The van der Waals surface area contributed by atoms with E-state index in [9.17, 15) is 19.2 Å². The smallest absolute Gasteiger partial charge is 0.254 e. The van der Waals surface area contributed by atoms with Crippen molar-refractivity contribution < 1.29 is 57.1 Å². The maximum absolute atomic E-state index is 13.6.